The number of benzene rings is 1. The molecule has 1 aromatic carbocycles. The van der Waals surface area contributed by atoms with Gasteiger partial charge in [-0.15, -0.1) is 0 Å². The number of anilines is 1. The Morgan fingerprint density at radius 2 is 1.88 bits per heavy atom. The number of aliphatic hydroxyl groups is 1. The van der Waals surface area contributed by atoms with E-state index < -0.39 is 12.1 Å². The van der Waals surface area contributed by atoms with Gasteiger partial charge in [0, 0.05) is 30.4 Å². The molecule has 2 aliphatic carbocycles. The molecule has 2 N–H and O–H groups in total. The summed E-state index contributed by atoms with van der Waals surface area (Å²) in [6.45, 7) is 2.26. The van der Waals surface area contributed by atoms with Crippen molar-refractivity contribution in [3.8, 4) is 0 Å². The first-order chi connectivity index (χ1) is 15.5. The third-order valence-electron chi connectivity index (χ3n) is 8.54. The van der Waals surface area contributed by atoms with Crippen LogP contribution in [0.3, 0.4) is 0 Å². The molecule has 1 aromatic heterocycles. The van der Waals surface area contributed by atoms with Crippen molar-refractivity contribution in [3.05, 3.63) is 23.5 Å². The fourth-order valence-corrected chi connectivity index (χ4v) is 6.46. The molecule has 2 aromatic rings. The Bertz CT molecular complexity index is 994. The van der Waals surface area contributed by atoms with Gasteiger partial charge in [-0.05, 0) is 69.9 Å². The lowest BCUT2D eigenvalue weighted by Crippen LogP contribution is -2.33. The van der Waals surface area contributed by atoms with E-state index in [2.05, 4.69) is 35.6 Å². The molecule has 4 atom stereocenters. The summed E-state index contributed by atoms with van der Waals surface area (Å²) < 4.78 is 2.25. The van der Waals surface area contributed by atoms with Crippen LogP contribution >= 0.6 is 0 Å². The van der Waals surface area contributed by atoms with Crippen LogP contribution in [-0.4, -0.2) is 38.8 Å². The maximum atomic E-state index is 11.8. The molecule has 3 aliphatic rings. The number of hydrogen-bond acceptors (Lipinski definition) is 4. The zero-order valence-electron chi connectivity index (χ0n) is 19.5. The number of nitrogens with zero attached hydrogens (tertiary/aromatic N) is 3. The molecule has 1 aliphatic heterocycles. The maximum Gasteiger partial charge on any atom is 0.306 e. The summed E-state index contributed by atoms with van der Waals surface area (Å²) in [6.07, 6.45) is 10.4. The third-order valence-corrected chi connectivity index (χ3v) is 8.54. The summed E-state index contributed by atoms with van der Waals surface area (Å²) in [7, 11) is 2.15. The number of aryl methyl sites for hydroxylation is 1. The molecular formula is C26H37N3O3. The molecule has 174 valence electrons. The average molecular weight is 440 g/mol. The Labute approximate surface area is 190 Å². The highest BCUT2D eigenvalue weighted by Gasteiger charge is 2.35. The minimum absolute atomic E-state index is 0.0846. The minimum atomic E-state index is -0.693. The van der Waals surface area contributed by atoms with Gasteiger partial charge in [0.2, 0.25) is 0 Å². The predicted molar refractivity (Wildman–Crippen MR) is 126 cm³/mol. The van der Waals surface area contributed by atoms with Gasteiger partial charge in [-0.1, -0.05) is 25.7 Å². The van der Waals surface area contributed by atoms with Crippen LogP contribution in [0, 0.1) is 11.8 Å². The maximum absolute atomic E-state index is 11.8. The second-order valence-electron chi connectivity index (χ2n) is 10.5. The first-order valence-electron chi connectivity index (χ1n) is 12.6. The molecule has 4 unspecified atom stereocenters. The monoisotopic (exact) mass is 439 g/mol. The number of hydrogen-bond donors (Lipinski definition) is 2. The van der Waals surface area contributed by atoms with E-state index in [9.17, 15) is 15.0 Å². The van der Waals surface area contributed by atoms with Crippen molar-refractivity contribution in [1.29, 1.82) is 0 Å². The summed E-state index contributed by atoms with van der Waals surface area (Å²) in [5.74, 6) is 0.0197. The van der Waals surface area contributed by atoms with Crippen LogP contribution in [0.25, 0.3) is 11.0 Å². The smallest absolute Gasteiger partial charge is 0.306 e. The molecule has 5 rings (SSSR count). The number of imidazole rings is 1. The largest absolute Gasteiger partial charge is 0.481 e. The van der Waals surface area contributed by atoms with Gasteiger partial charge in [0.25, 0.3) is 0 Å². The highest BCUT2D eigenvalue weighted by Crippen LogP contribution is 2.43. The van der Waals surface area contributed by atoms with Crippen LogP contribution in [-0.2, 0) is 11.2 Å². The lowest BCUT2D eigenvalue weighted by atomic mass is 9.83. The Hall–Kier alpha value is -2.08. The third kappa shape index (κ3) is 3.70. The van der Waals surface area contributed by atoms with E-state index in [1.54, 1.807) is 0 Å². The van der Waals surface area contributed by atoms with Crippen molar-refractivity contribution >= 4 is 22.7 Å². The van der Waals surface area contributed by atoms with Crippen molar-refractivity contribution < 1.29 is 15.0 Å². The molecule has 0 bridgehead atoms. The summed E-state index contributed by atoms with van der Waals surface area (Å²) in [5.41, 5.74) is 4.62. The van der Waals surface area contributed by atoms with Crippen molar-refractivity contribution in [3.63, 3.8) is 0 Å². The summed E-state index contributed by atoms with van der Waals surface area (Å²) >= 11 is 0. The second kappa shape index (κ2) is 8.69. The Morgan fingerprint density at radius 3 is 2.62 bits per heavy atom. The molecule has 0 amide bonds. The highest BCUT2D eigenvalue weighted by molar-refractivity contribution is 5.86. The molecule has 2 saturated carbocycles. The number of aliphatic hydroxyl groups excluding tert-OH is 1. The van der Waals surface area contributed by atoms with Gasteiger partial charge in [-0.3, -0.25) is 4.79 Å². The Kier molecular flexibility index (Phi) is 5.91. The van der Waals surface area contributed by atoms with E-state index in [0.717, 1.165) is 61.8 Å². The first kappa shape index (κ1) is 21.7. The van der Waals surface area contributed by atoms with Crippen molar-refractivity contribution in [2.24, 2.45) is 11.8 Å². The molecule has 2 heterocycles. The van der Waals surface area contributed by atoms with Crippen LogP contribution in [0.4, 0.5) is 5.69 Å². The molecular weight excluding hydrogens is 402 g/mol. The quantitative estimate of drug-likeness (QED) is 0.681. The zero-order chi connectivity index (χ0) is 22.4. The number of aliphatic carboxylic acids is 1. The van der Waals surface area contributed by atoms with Crippen LogP contribution in [0.2, 0.25) is 0 Å². The normalized spacial score (nSPS) is 28.0. The van der Waals surface area contributed by atoms with E-state index in [1.807, 2.05) is 0 Å². The first-order valence-corrected chi connectivity index (χ1v) is 12.6. The lowest BCUT2D eigenvalue weighted by Gasteiger charge is -2.34. The van der Waals surface area contributed by atoms with Gasteiger partial charge in [-0.25, -0.2) is 4.98 Å². The number of carboxylic acids is 1. The zero-order valence-corrected chi connectivity index (χ0v) is 19.5. The van der Waals surface area contributed by atoms with E-state index in [4.69, 9.17) is 4.98 Å². The fraction of sp³-hybridized carbons (Fsp3) is 0.692. The van der Waals surface area contributed by atoms with E-state index >= 15 is 0 Å². The van der Waals surface area contributed by atoms with E-state index in [1.165, 1.54) is 30.5 Å². The van der Waals surface area contributed by atoms with E-state index in [0.29, 0.717) is 12.5 Å². The molecule has 6 nitrogen and oxygen atoms in total. The molecule has 0 saturated heterocycles. The van der Waals surface area contributed by atoms with Crippen molar-refractivity contribution in [2.75, 3.05) is 11.9 Å². The number of carbonyl (C=O) groups is 1. The lowest BCUT2D eigenvalue weighted by molar-refractivity contribution is -0.143. The molecule has 32 heavy (non-hydrogen) atoms. The number of carboxylic acid groups (broad SMARTS) is 1. The van der Waals surface area contributed by atoms with Gasteiger partial charge in [-0.2, -0.15) is 0 Å². The highest BCUT2D eigenvalue weighted by atomic mass is 16.4. The van der Waals surface area contributed by atoms with Crippen LogP contribution < -0.4 is 4.90 Å². The standard InChI is InChI=1S/C26H37N3O3/c1-16-11-12-20-21(28(16)2)13-14-22-23(20)27-25(24(30)17-7-4-3-5-8-17)29(22)19-10-6-9-18(15-19)26(31)32/h13-14,16-19,24,30H,3-12,15H2,1-2H3,(H,31,32). The van der Waals surface area contributed by atoms with Crippen molar-refractivity contribution in [1.82, 2.24) is 9.55 Å². The van der Waals surface area contributed by atoms with Gasteiger partial charge in [0.05, 0.1) is 17.0 Å². The molecule has 0 radical (unpaired) electrons. The number of aromatic nitrogens is 2. The van der Waals surface area contributed by atoms with Crippen LogP contribution in [0.1, 0.15) is 94.7 Å². The number of fused-ring (bicyclic) bond motifs is 3. The molecule has 2 fully saturated rings. The molecule has 6 heteroatoms. The van der Waals surface area contributed by atoms with Crippen molar-refractivity contribution in [2.45, 2.75) is 95.7 Å². The summed E-state index contributed by atoms with van der Waals surface area (Å²) in [5, 5.41) is 21.2. The van der Waals surface area contributed by atoms with Gasteiger partial charge >= 0.3 is 5.97 Å². The minimum Gasteiger partial charge on any atom is -0.481 e. The molecule has 0 spiro atoms. The van der Waals surface area contributed by atoms with Crippen LogP contribution in [0.5, 0.6) is 0 Å². The predicted octanol–water partition coefficient (Wildman–Crippen LogP) is 5.24. The number of rotatable bonds is 4. The Balaban J connectivity index is 1.63. The summed E-state index contributed by atoms with van der Waals surface area (Å²) in [4.78, 5) is 19.3. The van der Waals surface area contributed by atoms with Gasteiger partial charge in [0.1, 0.15) is 11.9 Å². The second-order valence-corrected chi connectivity index (χ2v) is 10.5. The van der Waals surface area contributed by atoms with E-state index in [-0.39, 0.29) is 17.9 Å². The Morgan fingerprint density at radius 1 is 1.09 bits per heavy atom. The van der Waals surface area contributed by atoms with Crippen LogP contribution in [0.15, 0.2) is 12.1 Å². The summed E-state index contributed by atoms with van der Waals surface area (Å²) in [6, 6.07) is 4.96. The SMILES string of the molecule is CC1CCc2c(ccc3c2nc(C(O)C2CCCCC2)n3C2CCCC(C(=O)O)C2)N1C. The topological polar surface area (TPSA) is 78.6 Å². The fourth-order valence-electron chi connectivity index (χ4n) is 6.46. The average Bonchev–Trinajstić information content (AvgIpc) is 3.21. The van der Waals surface area contributed by atoms with Gasteiger partial charge < -0.3 is 19.7 Å². The van der Waals surface area contributed by atoms with Gasteiger partial charge in [0.15, 0.2) is 0 Å².